The highest BCUT2D eigenvalue weighted by molar-refractivity contribution is 5.66. The second-order valence-electron chi connectivity index (χ2n) is 8.44. The summed E-state index contributed by atoms with van der Waals surface area (Å²) >= 11 is 0. The Hall–Kier alpha value is -2.72. The highest BCUT2D eigenvalue weighted by atomic mass is 16.7. The van der Waals surface area contributed by atoms with Crippen LogP contribution in [0, 0.1) is 5.41 Å². The van der Waals surface area contributed by atoms with Gasteiger partial charge in [-0.25, -0.2) is 0 Å². The largest absolute Gasteiger partial charge is 0.459 e. The molecule has 0 radical (unpaired) electrons. The van der Waals surface area contributed by atoms with Gasteiger partial charge in [0.15, 0.2) is 6.29 Å². The molecular formula is C17H25N9O5. The number of hydrogen-bond acceptors (Lipinski definition) is 8. The Morgan fingerprint density at radius 3 is 2.16 bits per heavy atom. The van der Waals surface area contributed by atoms with E-state index in [0.29, 0.717) is 12.8 Å². The van der Waals surface area contributed by atoms with Crippen molar-refractivity contribution in [2.24, 2.45) is 20.8 Å². The van der Waals surface area contributed by atoms with Crippen molar-refractivity contribution in [1.82, 2.24) is 0 Å². The smallest absolute Gasteiger partial charge is 0.303 e. The molecule has 3 fully saturated rings. The number of carbonyl (C=O) groups excluding carboxylic acids is 1. The number of esters is 1. The molecule has 14 nitrogen and oxygen atoms in total. The third-order valence-electron chi connectivity index (χ3n) is 6.26. The van der Waals surface area contributed by atoms with Crippen LogP contribution in [-0.4, -0.2) is 59.9 Å². The van der Waals surface area contributed by atoms with Crippen LogP contribution >= 0.6 is 0 Å². The molecule has 0 bridgehead atoms. The number of carbonyl (C=O) groups is 1. The van der Waals surface area contributed by atoms with E-state index in [4.69, 9.17) is 30.8 Å². The lowest BCUT2D eigenvalue weighted by molar-refractivity contribution is -0.262. The van der Waals surface area contributed by atoms with E-state index in [1.807, 2.05) is 0 Å². The molecule has 168 valence electrons. The van der Waals surface area contributed by atoms with Gasteiger partial charge in [0.2, 0.25) is 0 Å². The second-order valence-corrected chi connectivity index (χ2v) is 8.44. The maximum Gasteiger partial charge on any atom is 0.303 e. The van der Waals surface area contributed by atoms with Crippen LogP contribution in [0.4, 0.5) is 0 Å². The molecule has 8 atom stereocenters. The van der Waals surface area contributed by atoms with Crippen LogP contribution < -0.4 is 0 Å². The van der Waals surface area contributed by atoms with Crippen LogP contribution in [-0.2, 0) is 19.0 Å². The predicted octanol–water partition coefficient (Wildman–Crippen LogP) is 3.41. The monoisotopic (exact) mass is 435 g/mol. The van der Waals surface area contributed by atoms with Gasteiger partial charge in [0, 0.05) is 21.7 Å². The Morgan fingerprint density at radius 2 is 1.61 bits per heavy atom. The molecule has 0 spiro atoms. The Balaban J connectivity index is 1.86. The summed E-state index contributed by atoms with van der Waals surface area (Å²) < 4.78 is 17.3. The van der Waals surface area contributed by atoms with Crippen molar-refractivity contribution in [3.05, 3.63) is 31.3 Å². The molecular weight excluding hydrogens is 410 g/mol. The lowest BCUT2D eigenvalue weighted by Crippen LogP contribution is -2.59. The van der Waals surface area contributed by atoms with E-state index in [9.17, 15) is 9.90 Å². The van der Waals surface area contributed by atoms with Crippen LogP contribution in [0.15, 0.2) is 15.3 Å². The molecule has 14 heteroatoms. The summed E-state index contributed by atoms with van der Waals surface area (Å²) in [5, 5.41) is 22.0. The van der Waals surface area contributed by atoms with Gasteiger partial charge in [-0.1, -0.05) is 22.3 Å². The van der Waals surface area contributed by atoms with Crippen molar-refractivity contribution < 1.29 is 24.1 Å². The lowest BCUT2D eigenvalue weighted by atomic mass is 9.84. The van der Waals surface area contributed by atoms with Crippen molar-refractivity contribution in [2.75, 3.05) is 0 Å². The van der Waals surface area contributed by atoms with Crippen molar-refractivity contribution in [3.8, 4) is 0 Å². The van der Waals surface area contributed by atoms with Crippen LogP contribution in [0.25, 0.3) is 31.3 Å². The fraction of sp³-hybridized carbons (Fsp3) is 0.941. The Labute approximate surface area is 177 Å². The van der Waals surface area contributed by atoms with Gasteiger partial charge in [-0.2, -0.15) is 0 Å². The van der Waals surface area contributed by atoms with Crippen molar-refractivity contribution in [1.29, 1.82) is 0 Å². The summed E-state index contributed by atoms with van der Waals surface area (Å²) in [5.41, 5.74) is 26.8. The van der Waals surface area contributed by atoms with Gasteiger partial charge in [-0.3, -0.25) is 4.79 Å². The number of ether oxygens (including phenoxy) is 3. The van der Waals surface area contributed by atoms with Gasteiger partial charge < -0.3 is 19.3 Å². The van der Waals surface area contributed by atoms with Crippen LogP contribution in [0.1, 0.15) is 46.0 Å². The fourth-order valence-electron chi connectivity index (χ4n) is 4.29. The minimum Gasteiger partial charge on any atom is -0.459 e. The van der Waals surface area contributed by atoms with Crippen molar-refractivity contribution >= 4 is 5.97 Å². The molecule has 2 aliphatic carbocycles. The van der Waals surface area contributed by atoms with E-state index in [1.165, 1.54) is 0 Å². The molecule has 3 rings (SSSR count). The fourth-order valence-corrected chi connectivity index (χ4v) is 4.29. The zero-order chi connectivity index (χ0) is 22.6. The molecule has 1 aliphatic heterocycles. The van der Waals surface area contributed by atoms with E-state index in [-0.39, 0.29) is 17.9 Å². The van der Waals surface area contributed by atoms with Gasteiger partial charge in [0.25, 0.3) is 0 Å². The number of rotatable bonds is 7. The number of hydrogen-bond donors (Lipinski definition) is 1. The van der Waals surface area contributed by atoms with Gasteiger partial charge in [0.1, 0.15) is 12.2 Å². The van der Waals surface area contributed by atoms with Crippen LogP contribution in [0.5, 0.6) is 0 Å². The molecule has 3 aliphatic rings. The first-order valence-electron chi connectivity index (χ1n) is 10.1. The third-order valence-corrected chi connectivity index (χ3v) is 6.26. The van der Waals surface area contributed by atoms with E-state index >= 15 is 0 Å². The topological polar surface area (TPSA) is 211 Å². The van der Waals surface area contributed by atoms with Gasteiger partial charge >= 0.3 is 5.97 Å². The minimum atomic E-state index is -1.46. The lowest BCUT2D eigenvalue weighted by Gasteiger charge is -2.44. The average molecular weight is 435 g/mol. The number of aliphatic hydroxyl groups is 1. The predicted molar refractivity (Wildman–Crippen MR) is 105 cm³/mol. The van der Waals surface area contributed by atoms with Gasteiger partial charge in [-0.15, -0.1) is 0 Å². The molecule has 1 N–H and O–H groups in total. The molecule has 0 amide bonds. The summed E-state index contributed by atoms with van der Waals surface area (Å²) in [5.74, 6) is -0.675. The molecule has 8 unspecified atom stereocenters. The quantitative estimate of drug-likeness (QED) is 0.274. The maximum absolute atomic E-state index is 11.5. The number of azide groups is 3. The zero-order valence-corrected chi connectivity index (χ0v) is 17.3. The summed E-state index contributed by atoms with van der Waals surface area (Å²) in [7, 11) is 0. The first-order chi connectivity index (χ1) is 14.8. The Kier molecular flexibility index (Phi) is 7.11. The highest BCUT2D eigenvalue weighted by Crippen LogP contribution is 2.52. The Morgan fingerprint density at radius 1 is 1.03 bits per heavy atom. The number of nitrogens with zero attached hydrogens (tertiary/aromatic N) is 9. The minimum absolute atomic E-state index is 0.00611. The molecule has 31 heavy (non-hydrogen) atoms. The molecule has 1 heterocycles. The first kappa shape index (κ1) is 23.0. The summed E-state index contributed by atoms with van der Waals surface area (Å²) in [6, 6.07) is -2.50. The maximum atomic E-state index is 11.5. The first-order valence-corrected chi connectivity index (χ1v) is 10.1. The van der Waals surface area contributed by atoms with Crippen LogP contribution in [0.3, 0.4) is 0 Å². The highest BCUT2D eigenvalue weighted by Gasteiger charge is 2.52. The Bertz CT molecular complexity index is 832. The molecule has 1 saturated heterocycles. The molecule has 0 aromatic rings. The normalized spacial score (nSPS) is 38.5. The standard InChI is InChI=1S/C17H25N9O5/c1-8(27)29-14-10(22-25-19)7-11(23-26-20)15(13(14)28)31-16-9(21-24-18)3-4-12(30-16)17(2)5-6-17/h9-16,28H,3-7H2,1-2H3. The molecule has 0 aromatic heterocycles. The third kappa shape index (κ3) is 5.13. The van der Waals surface area contributed by atoms with E-state index in [1.54, 1.807) is 0 Å². The van der Waals surface area contributed by atoms with Crippen molar-refractivity contribution in [2.45, 2.75) is 94.8 Å². The number of aliphatic hydroxyl groups excluding tert-OH is 1. The molecule has 0 aromatic carbocycles. The second kappa shape index (κ2) is 9.61. The summed E-state index contributed by atoms with van der Waals surface area (Å²) in [4.78, 5) is 19.9. The van der Waals surface area contributed by atoms with Crippen molar-refractivity contribution in [3.63, 3.8) is 0 Å². The average Bonchev–Trinajstić information content (AvgIpc) is 3.48. The summed E-state index contributed by atoms with van der Waals surface area (Å²) in [6.45, 7) is 3.28. The van der Waals surface area contributed by atoms with E-state index < -0.39 is 48.7 Å². The van der Waals surface area contributed by atoms with Gasteiger partial charge in [-0.05, 0) is 54.1 Å². The zero-order valence-electron chi connectivity index (χ0n) is 17.3. The summed E-state index contributed by atoms with van der Waals surface area (Å²) in [6.07, 6.45) is -1.57. The van der Waals surface area contributed by atoms with Crippen LogP contribution in [0.2, 0.25) is 0 Å². The van der Waals surface area contributed by atoms with E-state index in [0.717, 1.165) is 19.8 Å². The van der Waals surface area contributed by atoms with Gasteiger partial charge in [0.05, 0.1) is 30.3 Å². The SMILES string of the molecule is CC(=O)OC1C(N=[N+]=[N-])CC(N=[N+]=[N-])C(OC2OC(C3(C)CC3)CCC2N=[N+]=[N-])C1O. The van der Waals surface area contributed by atoms with E-state index in [2.05, 4.69) is 37.0 Å². The molecule has 2 saturated carbocycles.